The Morgan fingerprint density at radius 2 is 1.75 bits per heavy atom. The van der Waals surface area contributed by atoms with Crippen molar-refractivity contribution in [3.05, 3.63) is 11.6 Å². The van der Waals surface area contributed by atoms with Crippen molar-refractivity contribution in [1.82, 2.24) is 5.32 Å². The van der Waals surface area contributed by atoms with Crippen LogP contribution in [0.15, 0.2) is 11.6 Å². The average Bonchev–Trinajstić information content (AvgIpc) is 3.12. The van der Waals surface area contributed by atoms with E-state index in [0.717, 1.165) is 32.1 Å². The Kier molecular flexibility index (Phi) is 7.16. The summed E-state index contributed by atoms with van der Waals surface area (Å²) in [7, 11) is 0. The molecule has 198 valence electrons. The van der Waals surface area contributed by atoms with Gasteiger partial charge in [0.15, 0.2) is 12.4 Å². The molecular formula is C27H37NO8. The molecule has 1 amide bonds. The number of amides is 1. The number of aliphatic carboxylic acids is 1. The number of fused-ring (bicyclic) bond motifs is 5. The van der Waals surface area contributed by atoms with E-state index in [4.69, 9.17) is 9.84 Å². The van der Waals surface area contributed by atoms with Crippen molar-refractivity contribution in [2.75, 3.05) is 13.2 Å². The number of hydrogen-bond donors (Lipinski definition) is 3. The molecule has 4 aliphatic carbocycles. The van der Waals surface area contributed by atoms with Crippen LogP contribution in [0.5, 0.6) is 0 Å². The van der Waals surface area contributed by atoms with E-state index in [1.807, 2.05) is 13.0 Å². The van der Waals surface area contributed by atoms with E-state index in [0.29, 0.717) is 31.1 Å². The Hall–Kier alpha value is -2.55. The lowest BCUT2D eigenvalue weighted by Gasteiger charge is -2.58. The van der Waals surface area contributed by atoms with Crippen LogP contribution >= 0.6 is 0 Å². The zero-order chi connectivity index (χ0) is 26.3. The van der Waals surface area contributed by atoms with Gasteiger partial charge in [-0.05, 0) is 74.2 Å². The highest BCUT2D eigenvalue weighted by atomic mass is 16.5. The topological polar surface area (TPSA) is 147 Å². The number of ether oxygens (including phenoxy) is 1. The lowest BCUT2D eigenvalue weighted by Crippen LogP contribution is -2.58. The fraction of sp³-hybridized carbons (Fsp3) is 0.741. The molecule has 9 heteroatoms. The van der Waals surface area contributed by atoms with Crippen molar-refractivity contribution < 1.29 is 38.9 Å². The summed E-state index contributed by atoms with van der Waals surface area (Å²) in [5.74, 6) is -1.79. The van der Waals surface area contributed by atoms with E-state index in [9.17, 15) is 29.1 Å². The number of allylic oxidation sites excluding steroid dienone is 1. The maximum atomic E-state index is 13.2. The number of carbonyl (C=O) groups is 5. The van der Waals surface area contributed by atoms with Gasteiger partial charge in [0.2, 0.25) is 11.7 Å². The van der Waals surface area contributed by atoms with Gasteiger partial charge >= 0.3 is 11.9 Å². The predicted molar refractivity (Wildman–Crippen MR) is 128 cm³/mol. The summed E-state index contributed by atoms with van der Waals surface area (Å²) in [6.07, 6.45) is 7.32. The van der Waals surface area contributed by atoms with E-state index in [-0.39, 0.29) is 30.0 Å². The Balaban J connectivity index is 1.37. The molecule has 0 saturated heterocycles. The molecule has 3 fully saturated rings. The van der Waals surface area contributed by atoms with E-state index < -0.39 is 47.8 Å². The number of carboxylic acids is 1. The molecule has 36 heavy (non-hydrogen) atoms. The van der Waals surface area contributed by atoms with Gasteiger partial charge in [0, 0.05) is 18.3 Å². The third-order valence-electron chi connectivity index (χ3n) is 9.93. The molecular weight excluding hydrogens is 466 g/mol. The smallest absolute Gasteiger partial charge is 0.322 e. The van der Waals surface area contributed by atoms with Crippen molar-refractivity contribution in [2.45, 2.75) is 83.7 Å². The summed E-state index contributed by atoms with van der Waals surface area (Å²) in [5.41, 5.74) is -0.885. The van der Waals surface area contributed by atoms with Crippen molar-refractivity contribution in [3.8, 4) is 0 Å². The summed E-state index contributed by atoms with van der Waals surface area (Å²) >= 11 is 0. The summed E-state index contributed by atoms with van der Waals surface area (Å²) in [6, 6.07) is 0. The number of rotatable bonds is 8. The zero-order valence-electron chi connectivity index (χ0n) is 21.1. The Morgan fingerprint density at radius 3 is 2.47 bits per heavy atom. The minimum atomic E-state index is -1.57. The van der Waals surface area contributed by atoms with Crippen LogP contribution in [0.3, 0.4) is 0 Å². The number of Topliss-reactive ketones (excluding diaryl/α,β-unsaturated/α-hetero) is 1. The second-order valence-electron chi connectivity index (χ2n) is 11.6. The summed E-state index contributed by atoms with van der Waals surface area (Å²) in [4.78, 5) is 59.4. The fourth-order valence-corrected chi connectivity index (χ4v) is 7.85. The van der Waals surface area contributed by atoms with Crippen LogP contribution in [0.1, 0.15) is 78.1 Å². The lowest BCUT2D eigenvalue weighted by molar-refractivity contribution is -0.170. The van der Waals surface area contributed by atoms with Crippen molar-refractivity contribution in [1.29, 1.82) is 0 Å². The quantitative estimate of drug-likeness (QED) is 0.428. The molecule has 0 heterocycles. The van der Waals surface area contributed by atoms with Crippen molar-refractivity contribution in [2.24, 2.45) is 28.6 Å². The first kappa shape index (κ1) is 26.5. The van der Waals surface area contributed by atoms with Gasteiger partial charge in [0.05, 0.1) is 6.42 Å². The molecule has 0 spiro atoms. The van der Waals surface area contributed by atoms with Crippen LogP contribution in [0.4, 0.5) is 0 Å². The average molecular weight is 504 g/mol. The molecule has 0 aliphatic heterocycles. The molecule has 0 bridgehead atoms. The maximum absolute atomic E-state index is 13.2. The maximum Gasteiger partial charge on any atom is 0.322 e. The number of ketones is 2. The van der Waals surface area contributed by atoms with Gasteiger partial charge in [-0.1, -0.05) is 19.4 Å². The first-order valence-corrected chi connectivity index (χ1v) is 13.0. The SMILES string of the molecule is C[C@]12CCC(=O)C=C1CC[C@@H]1[C@@H]2CC[C@@]2(C)[C@H]1CC[C@@]2(O)C(=O)COC(=O)CCC(=O)NCC(=O)O. The largest absolute Gasteiger partial charge is 0.480 e. The molecule has 4 rings (SSSR count). The van der Waals surface area contributed by atoms with E-state index >= 15 is 0 Å². The Bertz CT molecular complexity index is 1000. The van der Waals surface area contributed by atoms with Gasteiger partial charge < -0.3 is 20.3 Å². The molecule has 9 nitrogen and oxygen atoms in total. The minimum absolute atomic E-state index is 0.00909. The molecule has 3 N–H and O–H groups in total. The van der Waals surface area contributed by atoms with Crippen LogP contribution in [-0.2, 0) is 28.7 Å². The first-order chi connectivity index (χ1) is 16.9. The molecule has 4 aliphatic rings. The van der Waals surface area contributed by atoms with Crippen LogP contribution in [0.25, 0.3) is 0 Å². The van der Waals surface area contributed by atoms with Crippen molar-refractivity contribution in [3.63, 3.8) is 0 Å². The zero-order valence-corrected chi connectivity index (χ0v) is 21.1. The van der Waals surface area contributed by atoms with Gasteiger partial charge in [-0.3, -0.25) is 24.0 Å². The van der Waals surface area contributed by atoms with Crippen LogP contribution < -0.4 is 5.32 Å². The Morgan fingerprint density at radius 1 is 1.03 bits per heavy atom. The minimum Gasteiger partial charge on any atom is -0.480 e. The first-order valence-electron chi connectivity index (χ1n) is 13.0. The molecule has 0 unspecified atom stereocenters. The Labute approximate surface area is 211 Å². The standard InChI is InChI=1S/C27H37NO8/c1-25-10-7-17(29)13-16(25)3-4-18-19(25)8-11-26(2)20(18)9-12-27(26,35)21(30)15-36-24(34)6-5-22(31)28-14-23(32)33/h13,18-20,35H,3-12,14-15H2,1-2H3,(H,28,31)(H,32,33)/t18-,19+,20+,25+,26+,27-/m1/s1. The van der Waals surface area contributed by atoms with Crippen LogP contribution in [-0.4, -0.2) is 58.4 Å². The predicted octanol–water partition coefficient (Wildman–Crippen LogP) is 2.34. The highest BCUT2D eigenvalue weighted by Gasteiger charge is 2.66. The lowest BCUT2D eigenvalue weighted by atomic mass is 9.46. The number of nitrogens with one attached hydrogen (secondary N) is 1. The summed E-state index contributed by atoms with van der Waals surface area (Å²) < 4.78 is 5.10. The van der Waals surface area contributed by atoms with Gasteiger partial charge in [-0.2, -0.15) is 0 Å². The third-order valence-corrected chi connectivity index (χ3v) is 9.93. The summed E-state index contributed by atoms with van der Waals surface area (Å²) in [5, 5.41) is 22.4. The van der Waals surface area contributed by atoms with Gasteiger partial charge in [-0.25, -0.2) is 0 Å². The van der Waals surface area contributed by atoms with Gasteiger partial charge in [0.1, 0.15) is 12.1 Å². The van der Waals surface area contributed by atoms with E-state index in [1.165, 1.54) is 5.57 Å². The number of esters is 1. The number of carbonyl (C=O) groups excluding carboxylic acids is 4. The highest BCUT2D eigenvalue weighted by Crippen LogP contribution is 2.67. The molecule has 0 aromatic heterocycles. The number of hydrogen-bond acceptors (Lipinski definition) is 7. The summed E-state index contributed by atoms with van der Waals surface area (Å²) in [6.45, 7) is 3.22. The van der Waals surface area contributed by atoms with Crippen molar-refractivity contribution >= 4 is 29.4 Å². The third kappa shape index (κ3) is 4.51. The normalized spacial score (nSPS) is 37.1. The molecule has 3 saturated carbocycles. The highest BCUT2D eigenvalue weighted by molar-refractivity contribution is 5.92. The second-order valence-corrected chi connectivity index (χ2v) is 11.6. The number of aliphatic hydroxyl groups is 1. The molecule has 0 radical (unpaired) electrons. The van der Waals surface area contributed by atoms with E-state index in [1.54, 1.807) is 0 Å². The molecule has 0 aromatic carbocycles. The van der Waals surface area contributed by atoms with Gasteiger partial charge in [0.25, 0.3) is 0 Å². The van der Waals surface area contributed by atoms with E-state index in [2.05, 4.69) is 12.2 Å². The van der Waals surface area contributed by atoms with Crippen LogP contribution in [0, 0.1) is 28.6 Å². The molecule has 0 aromatic rings. The fourth-order valence-electron chi connectivity index (χ4n) is 7.85. The second kappa shape index (κ2) is 9.72. The number of carboxylic acid groups (broad SMARTS) is 1. The van der Waals surface area contributed by atoms with Crippen LogP contribution in [0.2, 0.25) is 0 Å². The molecule has 6 atom stereocenters. The monoisotopic (exact) mass is 503 g/mol. The van der Waals surface area contributed by atoms with Gasteiger partial charge in [-0.15, -0.1) is 0 Å².